The number of amides is 2. The van der Waals surface area contributed by atoms with Crippen LogP contribution in [0.1, 0.15) is 29.2 Å². The van der Waals surface area contributed by atoms with E-state index in [0.29, 0.717) is 27.8 Å². The molecule has 0 radical (unpaired) electrons. The van der Waals surface area contributed by atoms with Crippen molar-refractivity contribution in [2.24, 2.45) is 0 Å². The summed E-state index contributed by atoms with van der Waals surface area (Å²) in [4.78, 5) is 29.5. The highest BCUT2D eigenvalue weighted by molar-refractivity contribution is 7.92. The summed E-state index contributed by atoms with van der Waals surface area (Å²) in [6.07, 6.45) is 0.217. The van der Waals surface area contributed by atoms with E-state index in [0.717, 1.165) is 21.0 Å². The van der Waals surface area contributed by atoms with Crippen LogP contribution < -0.4 is 9.62 Å². The van der Waals surface area contributed by atoms with Gasteiger partial charge in [0, 0.05) is 19.5 Å². The van der Waals surface area contributed by atoms with Crippen molar-refractivity contribution >= 4 is 50.7 Å². The van der Waals surface area contributed by atoms with Gasteiger partial charge in [-0.2, -0.15) is 0 Å². The maximum Gasteiger partial charge on any atom is 0.264 e. The Kier molecular flexibility index (Phi) is 11.1. The van der Waals surface area contributed by atoms with Crippen molar-refractivity contribution < 1.29 is 18.0 Å². The van der Waals surface area contributed by atoms with Gasteiger partial charge < -0.3 is 10.2 Å². The SMILES string of the molecule is CCNC(=O)[C@H](Cc1ccccc1)N(Cc1ccc(Cl)c(Cl)c1)C(=O)CN(c1cccc(C)c1C)S(=O)(=O)c1ccccc1. The summed E-state index contributed by atoms with van der Waals surface area (Å²) in [5.74, 6) is -0.905. The number of anilines is 1. The van der Waals surface area contributed by atoms with Crippen LogP contribution in [0.4, 0.5) is 5.69 Å². The largest absolute Gasteiger partial charge is 0.355 e. The Morgan fingerprint density at radius 2 is 1.48 bits per heavy atom. The van der Waals surface area contributed by atoms with Gasteiger partial charge in [0.15, 0.2) is 0 Å². The molecule has 0 aliphatic carbocycles. The van der Waals surface area contributed by atoms with Gasteiger partial charge in [-0.1, -0.05) is 89.9 Å². The number of rotatable bonds is 12. The second kappa shape index (κ2) is 14.8. The van der Waals surface area contributed by atoms with Crippen molar-refractivity contribution in [1.29, 1.82) is 0 Å². The molecule has 0 fully saturated rings. The van der Waals surface area contributed by atoms with Crippen LogP contribution in [0, 0.1) is 13.8 Å². The van der Waals surface area contributed by atoms with E-state index in [1.165, 1.54) is 17.0 Å². The van der Waals surface area contributed by atoms with Crippen LogP contribution in [0.5, 0.6) is 0 Å². The zero-order chi connectivity index (χ0) is 31.9. The number of benzene rings is 4. The molecule has 0 heterocycles. The van der Waals surface area contributed by atoms with Gasteiger partial charge in [-0.3, -0.25) is 13.9 Å². The lowest BCUT2D eigenvalue weighted by molar-refractivity contribution is -0.140. The fourth-order valence-electron chi connectivity index (χ4n) is 4.92. The number of nitrogens with zero attached hydrogens (tertiary/aromatic N) is 2. The Balaban J connectivity index is 1.83. The fraction of sp³-hybridized carbons (Fsp3) is 0.235. The third-order valence-electron chi connectivity index (χ3n) is 7.41. The van der Waals surface area contributed by atoms with Crippen molar-refractivity contribution in [1.82, 2.24) is 10.2 Å². The number of halogens is 2. The molecule has 230 valence electrons. The summed E-state index contributed by atoms with van der Waals surface area (Å²) < 4.78 is 29.4. The molecule has 4 rings (SSSR count). The first-order valence-electron chi connectivity index (χ1n) is 14.2. The Labute approximate surface area is 269 Å². The molecule has 0 unspecified atom stereocenters. The Hall–Kier alpha value is -3.85. The molecule has 1 N–H and O–H groups in total. The minimum Gasteiger partial charge on any atom is -0.355 e. The van der Waals surface area contributed by atoms with Gasteiger partial charge in [0.2, 0.25) is 11.8 Å². The molecular formula is C34H35Cl2N3O4S. The molecule has 1 atom stereocenters. The smallest absolute Gasteiger partial charge is 0.264 e. The Morgan fingerprint density at radius 3 is 2.11 bits per heavy atom. The average Bonchev–Trinajstić information content (AvgIpc) is 3.02. The van der Waals surface area contributed by atoms with Crippen LogP contribution in [0.3, 0.4) is 0 Å². The number of carbonyl (C=O) groups is 2. The van der Waals surface area contributed by atoms with Gasteiger partial charge in [-0.15, -0.1) is 0 Å². The maximum atomic E-state index is 14.5. The molecule has 0 aromatic heterocycles. The Morgan fingerprint density at radius 1 is 0.818 bits per heavy atom. The lowest BCUT2D eigenvalue weighted by atomic mass is 10.0. The van der Waals surface area contributed by atoms with E-state index in [-0.39, 0.29) is 23.8 Å². The predicted molar refractivity (Wildman–Crippen MR) is 177 cm³/mol. The first-order valence-corrected chi connectivity index (χ1v) is 16.4. The molecule has 44 heavy (non-hydrogen) atoms. The minimum atomic E-state index is -4.18. The zero-order valence-electron chi connectivity index (χ0n) is 24.8. The van der Waals surface area contributed by atoms with Crippen LogP contribution in [-0.2, 0) is 32.6 Å². The molecule has 0 aliphatic heterocycles. The predicted octanol–water partition coefficient (Wildman–Crippen LogP) is 6.58. The summed E-state index contributed by atoms with van der Waals surface area (Å²) >= 11 is 12.5. The van der Waals surface area contributed by atoms with Crippen molar-refractivity contribution in [2.75, 3.05) is 17.4 Å². The molecule has 10 heteroatoms. The third-order valence-corrected chi connectivity index (χ3v) is 9.93. The minimum absolute atomic E-state index is 0.00359. The maximum absolute atomic E-state index is 14.5. The molecular weight excluding hydrogens is 617 g/mol. The molecule has 0 saturated carbocycles. The van der Waals surface area contributed by atoms with Crippen molar-refractivity contribution in [3.05, 3.63) is 129 Å². The van der Waals surface area contributed by atoms with Gasteiger partial charge in [0.25, 0.3) is 10.0 Å². The van der Waals surface area contributed by atoms with Crippen molar-refractivity contribution in [3.8, 4) is 0 Å². The van der Waals surface area contributed by atoms with Crippen molar-refractivity contribution in [3.63, 3.8) is 0 Å². The van der Waals surface area contributed by atoms with E-state index in [9.17, 15) is 18.0 Å². The van der Waals surface area contributed by atoms with Gasteiger partial charge >= 0.3 is 0 Å². The van der Waals surface area contributed by atoms with Crippen LogP contribution in [0.2, 0.25) is 10.0 Å². The topological polar surface area (TPSA) is 86.8 Å². The molecule has 4 aromatic rings. The zero-order valence-corrected chi connectivity index (χ0v) is 27.2. The quantitative estimate of drug-likeness (QED) is 0.187. The number of aryl methyl sites for hydroxylation is 1. The summed E-state index contributed by atoms with van der Waals surface area (Å²) in [6, 6.07) is 26.8. The Bertz CT molecular complexity index is 1720. The highest BCUT2D eigenvalue weighted by Crippen LogP contribution is 2.30. The van der Waals surface area contributed by atoms with Crippen LogP contribution in [0.15, 0.2) is 102 Å². The molecule has 0 bridgehead atoms. The van der Waals surface area contributed by atoms with E-state index in [2.05, 4.69) is 5.32 Å². The van der Waals surface area contributed by atoms with Crippen LogP contribution in [0.25, 0.3) is 0 Å². The fourth-order valence-corrected chi connectivity index (χ4v) is 6.73. The first-order chi connectivity index (χ1) is 21.0. The van der Waals surface area contributed by atoms with E-state index in [1.54, 1.807) is 55.5 Å². The number of hydrogen-bond donors (Lipinski definition) is 1. The van der Waals surface area contributed by atoms with Gasteiger partial charge in [-0.25, -0.2) is 8.42 Å². The summed E-state index contributed by atoms with van der Waals surface area (Å²) in [5, 5.41) is 3.51. The monoisotopic (exact) mass is 651 g/mol. The highest BCUT2D eigenvalue weighted by Gasteiger charge is 2.35. The molecule has 0 saturated heterocycles. The summed E-state index contributed by atoms with van der Waals surface area (Å²) in [6.45, 7) is 5.33. The molecule has 4 aromatic carbocycles. The summed E-state index contributed by atoms with van der Waals surface area (Å²) in [7, 11) is -4.18. The number of likely N-dealkylation sites (N-methyl/N-ethyl adjacent to an activating group) is 1. The highest BCUT2D eigenvalue weighted by atomic mass is 35.5. The summed E-state index contributed by atoms with van der Waals surface area (Å²) in [5.41, 5.74) is 3.47. The van der Waals surface area contributed by atoms with E-state index in [4.69, 9.17) is 23.2 Å². The second-order valence-electron chi connectivity index (χ2n) is 10.4. The number of sulfonamides is 1. The standard InChI is InChI=1S/C34H35Cl2N3O4S/c1-4-37-34(41)32(21-26-13-7-5-8-14-26)38(22-27-18-19-29(35)30(36)20-27)33(40)23-39(31-17-11-12-24(2)25(31)3)44(42,43)28-15-9-6-10-16-28/h5-20,32H,4,21-23H2,1-3H3,(H,37,41)/t32-/m0/s1. The number of hydrogen-bond acceptors (Lipinski definition) is 4. The van der Waals surface area contributed by atoms with Crippen molar-refractivity contribution in [2.45, 2.75) is 44.7 Å². The van der Waals surface area contributed by atoms with Gasteiger partial charge in [-0.05, 0) is 73.4 Å². The lowest BCUT2D eigenvalue weighted by Gasteiger charge is -2.34. The second-order valence-corrected chi connectivity index (χ2v) is 13.1. The molecule has 7 nitrogen and oxygen atoms in total. The number of nitrogens with one attached hydrogen (secondary N) is 1. The van der Waals surface area contributed by atoms with Crippen LogP contribution >= 0.6 is 23.2 Å². The van der Waals surface area contributed by atoms with E-state index in [1.807, 2.05) is 50.2 Å². The van der Waals surface area contributed by atoms with Gasteiger partial charge in [0.1, 0.15) is 12.6 Å². The average molecular weight is 653 g/mol. The molecule has 0 spiro atoms. The van der Waals surface area contributed by atoms with E-state index >= 15 is 0 Å². The number of carbonyl (C=O) groups excluding carboxylic acids is 2. The first kappa shape index (κ1) is 33.1. The lowest BCUT2D eigenvalue weighted by Crippen LogP contribution is -2.53. The normalized spacial score (nSPS) is 11.9. The van der Waals surface area contributed by atoms with E-state index < -0.39 is 28.5 Å². The third kappa shape index (κ3) is 7.80. The van der Waals surface area contributed by atoms with Crippen LogP contribution in [-0.4, -0.2) is 44.3 Å². The van der Waals surface area contributed by atoms with Gasteiger partial charge in [0.05, 0.1) is 20.6 Å². The molecule has 0 aliphatic rings. The molecule has 2 amide bonds.